The largest absolute Gasteiger partial charge is 0.311 e. The van der Waals surface area contributed by atoms with Gasteiger partial charge in [-0.3, -0.25) is 4.90 Å². The van der Waals surface area contributed by atoms with Crippen molar-refractivity contribution in [3.05, 3.63) is 35.4 Å². The Labute approximate surface area is 110 Å². The summed E-state index contributed by atoms with van der Waals surface area (Å²) in [7, 11) is 0. The van der Waals surface area contributed by atoms with Crippen LogP contribution >= 0.6 is 0 Å². The maximum absolute atomic E-state index is 3.72. The van der Waals surface area contributed by atoms with E-state index in [2.05, 4.69) is 48.3 Å². The van der Waals surface area contributed by atoms with E-state index < -0.39 is 0 Å². The van der Waals surface area contributed by atoms with Crippen molar-refractivity contribution >= 4 is 0 Å². The van der Waals surface area contributed by atoms with E-state index in [9.17, 15) is 0 Å². The van der Waals surface area contributed by atoms with Gasteiger partial charge in [0, 0.05) is 31.7 Å². The summed E-state index contributed by atoms with van der Waals surface area (Å²) in [6.45, 7) is 7.99. The lowest BCUT2D eigenvalue weighted by Gasteiger charge is -2.39. The molecule has 1 saturated carbocycles. The van der Waals surface area contributed by atoms with Crippen LogP contribution in [-0.4, -0.2) is 30.1 Å². The Morgan fingerprint density at radius 1 is 1.33 bits per heavy atom. The molecule has 0 radical (unpaired) electrons. The molecule has 2 nitrogen and oxygen atoms in total. The monoisotopic (exact) mass is 244 g/mol. The van der Waals surface area contributed by atoms with Crippen LogP contribution in [0.15, 0.2) is 24.3 Å². The van der Waals surface area contributed by atoms with E-state index in [1.54, 1.807) is 0 Å². The van der Waals surface area contributed by atoms with E-state index in [0.29, 0.717) is 6.04 Å². The molecule has 1 aliphatic carbocycles. The first-order chi connectivity index (χ1) is 8.72. The van der Waals surface area contributed by atoms with Crippen LogP contribution in [0.25, 0.3) is 0 Å². The summed E-state index contributed by atoms with van der Waals surface area (Å²) in [6, 6.07) is 10.3. The summed E-state index contributed by atoms with van der Waals surface area (Å²) in [5.74, 6) is 0.956. The molecule has 3 rings (SSSR count). The second kappa shape index (κ2) is 5.02. The van der Waals surface area contributed by atoms with Gasteiger partial charge in [-0.05, 0) is 38.2 Å². The fourth-order valence-corrected chi connectivity index (χ4v) is 3.03. The zero-order valence-electron chi connectivity index (χ0n) is 11.5. The van der Waals surface area contributed by atoms with Crippen molar-refractivity contribution in [3.63, 3.8) is 0 Å². The zero-order chi connectivity index (χ0) is 12.5. The molecule has 0 bridgehead atoms. The Morgan fingerprint density at radius 2 is 2.17 bits per heavy atom. The summed E-state index contributed by atoms with van der Waals surface area (Å²) in [5.41, 5.74) is 2.83. The summed E-state index contributed by atoms with van der Waals surface area (Å²) < 4.78 is 0. The summed E-state index contributed by atoms with van der Waals surface area (Å²) in [6.07, 6.45) is 2.87. The second-order valence-electron chi connectivity index (χ2n) is 6.12. The number of hydrogen-bond acceptors (Lipinski definition) is 2. The maximum Gasteiger partial charge on any atom is 0.0237 e. The Bertz CT molecular complexity index is 411. The second-order valence-corrected chi connectivity index (χ2v) is 6.12. The van der Waals surface area contributed by atoms with Crippen LogP contribution in [0, 0.1) is 12.8 Å². The molecule has 2 fully saturated rings. The number of rotatable bonds is 3. The highest BCUT2D eigenvalue weighted by atomic mass is 15.2. The van der Waals surface area contributed by atoms with Crippen molar-refractivity contribution in [2.75, 3.05) is 13.1 Å². The van der Waals surface area contributed by atoms with Crippen molar-refractivity contribution in [1.29, 1.82) is 0 Å². The number of nitrogens with one attached hydrogen (secondary N) is 1. The van der Waals surface area contributed by atoms with Gasteiger partial charge in [0.15, 0.2) is 0 Å². The molecule has 2 heteroatoms. The van der Waals surface area contributed by atoms with Gasteiger partial charge >= 0.3 is 0 Å². The highest BCUT2D eigenvalue weighted by Gasteiger charge is 2.35. The number of piperazine rings is 1. The highest BCUT2D eigenvalue weighted by Crippen LogP contribution is 2.34. The van der Waals surface area contributed by atoms with E-state index in [1.165, 1.54) is 30.5 Å². The quantitative estimate of drug-likeness (QED) is 0.879. The molecule has 1 aromatic carbocycles. The van der Waals surface area contributed by atoms with Crippen molar-refractivity contribution in [1.82, 2.24) is 10.2 Å². The van der Waals surface area contributed by atoms with Crippen LogP contribution < -0.4 is 5.32 Å². The lowest BCUT2D eigenvalue weighted by Crippen LogP contribution is -2.55. The maximum atomic E-state index is 3.72. The minimum atomic E-state index is 0.653. The molecule has 2 aliphatic rings. The average molecular weight is 244 g/mol. The predicted octanol–water partition coefficient (Wildman–Crippen LogP) is 2.57. The molecular weight excluding hydrogens is 220 g/mol. The molecule has 2 atom stereocenters. The van der Waals surface area contributed by atoms with Gasteiger partial charge in [-0.2, -0.15) is 0 Å². The molecule has 1 aliphatic heterocycles. The molecule has 98 valence electrons. The lowest BCUT2D eigenvalue weighted by molar-refractivity contribution is 0.125. The minimum Gasteiger partial charge on any atom is -0.311 e. The molecular formula is C16H24N2. The third-order valence-electron chi connectivity index (χ3n) is 4.39. The molecule has 0 amide bonds. The van der Waals surface area contributed by atoms with Gasteiger partial charge in [0.2, 0.25) is 0 Å². The molecule has 0 aromatic heterocycles. The summed E-state index contributed by atoms with van der Waals surface area (Å²) in [4.78, 5) is 2.65. The summed E-state index contributed by atoms with van der Waals surface area (Å²) >= 11 is 0. The smallest absolute Gasteiger partial charge is 0.0237 e. The van der Waals surface area contributed by atoms with Crippen LogP contribution in [0.2, 0.25) is 0 Å². The van der Waals surface area contributed by atoms with E-state index in [1.807, 2.05) is 0 Å². The topological polar surface area (TPSA) is 15.3 Å². The normalized spacial score (nSPS) is 29.4. The first-order valence-corrected chi connectivity index (χ1v) is 7.25. The molecule has 1 N–H and O–H groups in total. The van der Waals surface area contributed by atoms with Gasteiger partial charge in [0.1, 0.15) is 0 Å². The van der Waals surface area contributed by atoms with Crippen LogP contribution in [0.4, 0.5) is 0 Å². The van der Waals surface area contributed by atoms with E-state index in [4.69, 9.17) is 0 Å². The van der Waals surface area contributed by atoms with Crippen molar-refractivity contribution in [2.45, 2.75) is 45.3 Å². The Kier molecular flexibility index (Phi) is 3.40. The SMILES string of the molecule is Cc1cccc(CN2CC(C3CC3)NCC2C)c1. The van der Waals surface area contributed by atoms with Gasteiger partial charge in [0.25, 0.3) is 0 Å². The fraction of sp³-hybridized carbons (Fsp3) is 0.625. The van der Waals surface area contributed by atoms with Crippen molar-refractivity contribution < 1.29 is 0 Å². The van der Waals surface area contributed by atoms with E-state index in [0.717, 1.165) is 25.0 Å². The predicted molar refractivity (Wildman–Crippen MR) is 75.6 cm³/mol. The van der Waals surface area contributed by atoms with Gasteiger partial charge in [-0.25, -0.2) is 0 Å². The Hall–Kier alpha value is -0.860. The standard InChI is InChI=1S/C16H24N2/c1-12-4-3-5-14(8-12)10-18-11-16(15-6-7-15)17-9-13(18)2/h3-5,8,13,15-17H,6-7,9-11H2,1-2H3. The number of nitrogens with zero attached hydrogens (tertiary/aromatic N) is 1. The Morgan fingerprint density at radius 3 is 2.89 bits per heavy atom. The number of aryl methyl sites for hydroxylation is 1. The van der Waals surface area contributed by atoms with Crippen molar-refractivity contribution in [3.8, 4) is 0 Å². The molecule has 18 heavy (non-hydrogen) atoms. The molecule has 1 aromatic rings. The highest BCUT2D eigenvalue weighted by molar-refractivity contribution is 5.22. The van der Waals surface area contributed by atoms with E-state index in [-0.39, 0.29) is 0 Å². The average Bonchev–Trinajstić information content (AvgIpc) is 3.16. The Balaban J connectivity index is 1.66. The van der Waals surface area contributed by atoms with Gasteiger partial charge < -0.3 is 5.32 Å². The van der Waals surface area contributed by atoms with E-state index >= 15 is 0 Å². The minimum absolute atomic E-state index is 0.653. The molecule has 0 spiro atoms. The number of benzene rings is 1. The number of hydrogen-bond donors (Lipinski definition) is 1. The van der Waals surface area contributed by atoms with Gasteiger partial charge in [0.05, 0.1) is 0 Å². The van der Waals surface area contributed by atoms with Gasteiger partial charge in [-0.15, -0.1) is 0 Å². The third-order valence-corrected chi connectivity index (χ3v) is 4.39. The fourth-order valence-electron chi connectivity index (χ4n) is 3.03. The summed E-state index contributed by atoms with van der Waals surface area (Å²) in [5, 5.41) is 3.72. The van der Waals surface area contributed by atoms with Gasteiger partial charge in [-0.1, -0.05) is 29.8 Å². The zero-order valence-corrected chi connectivity index (χ0v) is 11.5. The first kappa shape index (κ1) is 12.2. The van der Waals surface area contributed by atoms with Crippen LogP contribution in [0.5, 0.6) is 0 Å². The third kappa shape index (κ3) is 2.76. The van der Waals surface area contributed by atoms with Crippen molar-refractivity contribution in [2.24, 2.45) is 5.92 Å². The molecule has 2 unspecified atom stereocenters. The van der Waals surface area contributed by atoms with Crippen LogP contribution in [0.1, 0.15) is 30.9 Å². The van der Waals surface area contributed by atoms with Crippen LogP contribution in [0.3, 0.4) is 0 Å². The first-order valence-electron chi connectivity index (χ1n) is 7.25. The molecule has 1 saturated heterocycles. The molecule has 1 heterocycles. The lowest BCUT2D eigenvalue weighted by atomic mass is 10.0. The van der Waals surface area contributed by atoms with Crippen LogP contribution in [-0.2, 0) is 6.54 Å².